The van der Waals surface area contributed by atoms with Gasteiger partial charge >= 0.3 is 0 Å². The predicted molar refractivity (Wildman–Crippen MR) is 65.6 cm³/mol. The number of hydrogen-bond acceptors (Lipinski definition) is 1. The first kappa shape index (κ1) is 12.6. The van der Waals surface area contributed by atoms with E-state index in [9.17, 15) is 0 Å². The van der Waals surface area contributed by atoms with Crippen LogP contribution in [0.4, 0.5) is 0 Å². The van der Waals surface area contributed by atoms with Crippen LogP contribution in [-0.4, -0.2) is 6.72 Å². The van der Waals surface area contributed by atoms with Crippen LogP contribution in [0.1, 0.15) is 27.2 Å². The molecule has 0 bridgehead atoms. The van der Waals surface area contributed by atoms with Crippen LogP contribution in [-0.2, 0) is 0 Å². The smallest absolute Gasteiger partial charge is 0.0651 e. The van der Waals surface area contributed by atoms with Gasteiger partial charge in [0.05, 0.1) is 5.70 Å². The monoisotopic (exact) mass is 189 g/mol. The molecule has 0 aromatic carbocycles. The molecule has 0 rings (SSSR count). The second kappa shape index (κ2) is 7.07. The maximum Gasteiger partial charge on any atom is 0.0651 e. The predicted octanol–water partition coefficient (Wildman–Crippen LogP) is 4.06. The molecule has 0 aliphatic carbocycles. The van der Waals surface area contributed by atoms with Gasteiger partial charge in [0, 0.05) is 0 Å². The Labute approximate surface area is 87.3 Å². The molecule has 0 N–H and O–H groups in total. The first-order valence-corrected chi connectivity index (χ1v) is 4.82. The number of aliphatic imine (C=N–C) groups is 1. The number of allylic oxidation sites excluding steroid dienone is 5. The first-order chi connectivity index (χ1) is 6.69. The van der Waals surface area contributed by atoms with Crippen molar-refractivity contribution in [3.63, 3.8) is 0 Å². The molecule has 1 nitrogen and oxygen atoms in total. The average Bonchev–Trinajstić information content (AvgIpc) is 2.23. The van der Waals surface area contributed by atoms with Crippen molar-refractivity contribution in [1.82, 2.24) is 0 Å². The Balaban J connectivity index is 4.89. The van der Waals surface area contributed by atoms with Crippen molar-refractivity contribution >= 4 is 6.72 Å². The van der Waals surface area contributed by atoms with Crippen LogP contribution >= 0.6 is 0 Å². The summed E-state index contributed by atoms with van der Waals surface area (Å²) in [5.41, 5.74) is 3.22. The van der Waals surface area contributed by atoms with Crippen LogP contribution in [0, 0.1) is 0 Å². The van der Waals surface area contributed by atoms with Gasteiger partial charge in [-0.15, -0.1) is 0 Å². The molecule has 0 saturated heterocycles. The summed E-state index contributed by atoms with van der Waals surface area (Å²) in [5, 5.41) is 0. The second-order valence-electron chi connectivity index (χ2n) is 3.02. The van der Waals surface area contributed by atoms with E-state index in [0.29, 0.717) is 0 Å². The van der Waals surface area contributed by atoms with E-state index in [1.54, 1.807) is 6.08 Å². The summed E-state index contributed by atoms with van der Waals surface area (Å²) < 4.78 is 0. The van der Waals surface area contributed by atoms with E-state index in [0.717, 1.165) is 17.7 Å². The van der Waals surface area contributed by atoms with E-state index >= 15 is 0 Å². The van der Waals surface area contributed by atoms with E-state index in [1.807, 2.05) is 19.1 Å². The van der Waals surface area contributed by atoms with Crippen molar-refractivity contribution in [2.45, 2.75) is 27.2 Å². The molecule has 14 heavy (non-hydrogen) atoms. The van der Waals surface area contributed by atoms with Gasteiger partial charge in [0.1, 0.15) is 0 Å². The lowest BCUT2D eigenvalue weighted by Gasteiger charge is -2.00. The van der Waals surface area contributed by atoms with E-state index in [-0.39, 0.29) is 0 Å². The summed E-state index contributed by atoms with van der Waals surface area (Å²) in [5.74, 6) is 0. The highest BCUT2D eigenvalue weighted by Crippen LogP contribution is 2.13. The van der Waals surface area contributed by atoms with Gasteiger partial charge in [-0.1, -0.05) is 43.4 Å². The molecule has 0 unspecified atom stereocenters. The van der Waals surface area contributed by atoms with Gasteiger partial charge in [0.25, 0.3) is 0 Å². The van der Waals surface area contributed by atoms with Gasteiger partial charge in [-0.3, -0.25) is 4.99 Å². The van der Waals surface area contributed by atoms with Crippen LogP contribution in [0.25, 0.3) is 0 Å². The van der Waals surface area contributed by atoms with E-state index in [4.69, 9.17) is 0 Å². The minimum Gasteiger partial charge on any atom is -0.264 e. The Morgan fingerprint density at radius 1 is 1.36 bits per heavy atom. The highest BCUT2D eigenvalue weighted by Gasteiger charge is 1.94. The Kier molecular flexibility index (Phi) is 6.38. The highest BCUT2D eigenvalue weighted by atomic mass is 14.7. The van der Waals surface area contributed by atoms with Gasteiger partial charge in [0.15, 0.2) is 0 Å². The second-order valence-corrected chi connectivity index (χ2v) is 3.02. The molecule has 0 aliphatic heterocycles. The molecule has 0 saturated carbocycles. The van der Waals surface area contributed by atoms with Gasteiger partial charge in [0.2, 0.25) is 0 Å². The van der Waals surface area contributed by atoms with E-state index < -0.39 is 0 Å². The van der Waals surface area contributed by atoms with Crippen LogP contribution in [0.15, 0.2) is 52.7 Å². The lowest BCUT2D eigenvalue weighted by atomic mass is 10.1. The fraction of sp³-hybridized carbons (Fsp3) is 0.308. The molecular formula is C13H19N. The summed E-state index contributed by atoms with van der Waals surface area (Å²) in [6.07, 6.45) is 8.90. The normalized spacial score (nSPS) is 14.1. The van der Waals surface area contributed by atoms with Crippen molar-refractivity contribution in [1.29, 1.82) is 0 Å². The third kappa shape index (κ3) is 4.04. The fourth-order valence-electron chi connectivity index (χ4n) is 0.957. The van der Waals surface area contributed by atoms with Gasteiger partial charge in [-0.05, 0) is 32.6 Å². The van der Waals surface area contributed by atoms with Crippen molar-refractivity contribution in [3.05, 3.63) is 47.7 Å². The summed E-state index contributed by atoms with van der Waals surface area (Å²) in [7, 11) is 0. The quantitative estimate of drug-likeness (QED) is 0.457. The van der Waals surface area contributed by atoms with Gasteiger partial charge in [-0.25, -0.2) is 0 Å². The molecule has 0 heterocycles. The van der Waals surface area contributed by atoms with Crippen molar-refractivity contribution < 1.29 is 0 Å². The Morgan fingerprint density at radius 3 is 2.36 bits per heavy atom. The van der Waals surface area contributed by atoms with Crippen molar-refractivity contribution in [2.75, 3.05) is 0 Å². The minimum atomic E-state index is 0.875. The number of nitrogens with zero attached hydrogens (tertiary/aromatic N) is 1. The minimum absolute atomic E-state index is 0.875. The molecule has 0 spiro atoms. The van der Waals surface area contributed by atoms with E-state index in [1.165, 1.54) is 5.57 Å². The third-order valence-electron chi connectivity index (χ3n) is 2.06. The zero-order valence-corrected chi connectivity index (χ0v) is 9.38. The molecule has 0 fully saturated rings. The summed E-state index contributed by atoms with van der Waals surface area (Å²) in [6, 6.07) is 0. The summed E-state index contributed by atoms with van der Waals surface area (Å²) in [4.78, 5) is 3.92. The molecule has 0 atom stereocenters. The van der Waals surface area contributed by atoms with Crippen LogP contribution in [0.3, 0.4) is 0 Å². The van der Waals surface area contributed by atoms with Crippen molar-refractivity contribution in [2.24, 2.45) is 4.99 Å². The number of rotatable bonds is 5. The molecular weight excluding hydrogens is 170 g/mol. The summed E-state index contributed by atoms with van der Waals surface area (Å²) in [6.45, 7) is 13.5. The highest BCUT2D eigenvalue weighted by molar-refractivity contribution is 5.45. The first-order valence-electron chi connectivity index (χ1n) is 4.82. The lowest BCUT2D eigenvalue weighted by molar-refractivity contribution is 1.10. The molecule has 0 amide bonds. The third-order valence-corrected chi connectivity index (χ3v) is 2.06. The molecule has 1 heteroatoms. The maximum absolute atomic E-state index is 3.92. The SMILES string of the molecule is C=CC(=C\C=C(/C)CC)/C(=C/C)N=C. The lowest BCUT2D eigenvalue weighted by Crippen LogP contribution is -1.81. The Morgan fingerprint density at radius 2 is 2.00 bits per heavy atom. The molecule has 0 aromatic heterocycles. The number of hydrogen-bond donors (Lipinski definition) is 0. The van der Waals surface area contributed by atoms with Gasteiger partial charge < -0.3 is 0 Å². The van der Waals surface area contributed by atoms with Crippen LogP contribution in [0.5, 0.6) is 0 Å². The van der Waals surface area contributed by atoms with Gasteiger partial charge in [-0.2, -0.15) is 0 Å². The Hall–Kier alpha value is -1.37. The molecule has 0 radical (unpaired) electrons. The topological polar surface area (TPSA) is 12.4 Å². The average molecular weight is 189 g/mol. The standard InChI is InChI=1S/C13H19N/c1-6-11(4)9-10-12(7-2)13(8-3)14-5/h7-10H,2,5-6H2,1,3-4H3/b11-9+,12-10+,13-8-. The van der Waals surface area contributed by atoms with Crippen molar-refractivity contribution in [3.8, 4) is 0 Å². The van der Waals surface area contributed by atoms with Crippen LogP contribution in [0.2, 0.25) is 0 Å². The molecule has 76 valence electrons. The zero-order valence-electron chi connectivity index (χ0n) is 9.38. The maximum atomic E-state index is 3.92. The van der Waals surface area contributed by atoms with E-state index in [2.05, 4.69) is 38.2 Å². The molecule has 0 aliphatic rings. The summed E-state index contributed by atoms with van der Waals surface area (Å²) >= 11 is 0. The Bertz CT molecular complexity index is 290. The van der Waals surface area contributed by atoms with Crippen LogP contribution < -0.4 is 0 Å². The fourth-order valence-corrected chi connectivity index (χ4v) is 0.957. The largest absolute Gasteiger partial charge is 0.264 e. The molecule has 0 aromatic rings. The zero-order chi connectivity index (χ0) is 11.0.